The smallest absolute Gasteiger partial charge is 0.253 e. The number of thioether (sulfide) groups is 1. The van der Waals surface area contributed by atoms with Crippen molar-refractivity contribution in [1.29, 1.82) is 0 Å². The molecule has 0 N–H and O–H groups in total. The summed E-state index contributed by atoms with van der Waals surface area (Å²) >= 11 is 1.49. The number of fused-ring (bicyclic) bond motifs is 2. The maximum absolute atomic E-state index is 13.9. The molecule has 0 bridgehead atoms. The maximum atomic E-state index is 13.9. The van der Waals surface area contributed by atoms with Gasteiger partial charge in [-0.2, -0.15) is 4.98 Å². The Bertz CT molecular complexity index is 1110. The Labute approximate surface area is 148 Å². The van der Waals surface area contributed by atoms with Gasteiger partial charge in [0.15, 0.2) is 0 Å². The van der Waals surface area contributed by atoms with Crippen LogP contribution in [0.2, 0.25) is 0 Å². The number of nitrogens with zero attached hydrogens (tertiary/aromatic N) is 5. The first-order valence-electron chi connectivity index (χ1n) is 7.90. The molecule has 126 valence electrons. The van der Waals surface area contributed by atoms with Crippen LogP contribution in [-0.4, -0.2) is 24.6 Å². The maximum Gasteiger partial charge on any atom is 0.253 e. The number of aromatic nitrogens is 5. The third kappa shape index (κ3) is 2.74. The second-order valence-electron chi connectivity index (χ2n) is 5.91. The normalized spacial score (nSPS) is 11.5. The summed E-state index contributed by atoms with van der Waals surface area (Å²) in [5.41, 5.74) is 4.75. The Hall–Kier alpha value is -2.54. The van der Waals surface area contributed by atoms with Gasteiger partial charge in [-0.05, 0) is 50.1 Å². The Morgan fingerprint density at radius 3 is 2.80 bits per heavy atom. The van der Waals surface area contributed by atoms with Crippen LogP contribution in [0.15, 0.2) is 35.6 Å². The number of aryl methyl sites for hydroxylation is 2. The van der Waals surface area contributed by atoms with Crippen molar-refractivity contribution < 1.29 is 4.39 Å². The predicted molar refractivity (Wildman–Crippen MR) is 96.3 cm³/mol. The standard InChI is InChI=1S/C18H16FN5S/c1-10-11(2)21-17-22-18(23-24(17)12(10)3)25-9-13-6-7-15(19)14-5-4-8-20-16(13)14/h4-8H,9H2,1-3H3. The van der Waals surface area contributed by atoms with Crippen LogP contribution in [0, 0.1) is 26.6 Å². The second-order valence-corrected chi connectivity index (χ2v) is 6.85. The van der Waals surface area contributed by atoms with E-state index in [1.54, 1.807) is 28.9 Å². The van der Waals surface area contributed by atoms with E-state index in [1.165, 1.54) is 17.8 Å². The fourth-order valence-electron chi connectivity index (χ4n) is 2.75. The molecule has 25 heavy (non-hydrogen) atoms. The fourth-order valence-corrected chi connectivity index (χ4v) is 3.56. The van der Waals surface area contributed by atoms with E-state index in [-0.39, 0.29) is 5.82 Å². The second kappa shape index (κ2) is 6.07. The SMILES string of the molecule is Cc1nc2nc(SCc3ccc(F)c4cccnc34)nn2c(C)c1C. The minimum Gasteiger partial charge on any atom is -0.256 e. The van der Waals surface area contributed by atoms with E-state index in [2.05, 4.69) is 20.1 Å². The van der Waals surface area contributed by atoms with Gasteiger partial charge in [-0.3, -0.25) is 4.98 Å². The number of pyridine rings is 1. The number of benzene rings is 1. The molecule has 4 rings (SSSR count). The van der Waals surface area contributed by atoms with E-state index in [1.807, 2.05) is 20.8 Å². The molecule has 7 heteroatoms. The lowest BCUT2D eigenvalue weighted by atomic mass is 10.1. The van der Waals surface area contributed by atoms with Gasteiger partial charge in [0.05, 0.1) is 5.52 Å². The molecular weight excluding hydrogens is 337 g/mol. The molecule has 3 aromatic heterocycles. The Balaban J connectivity index is 1.67. The molecule has 0 unspecified atom stereocenters. The highest BCUT2D eigenvalue weighted by Gasteiger charge is 2.13. The fraction of sp³-hybridized carbons (Fsp3) is 0.222. The van der Waals surface area contributed by atoms with Crippen LogP contribution in [0.25, 0.3) is 16.7 Å². The predicted octanol–water partition coefficient (Wildman–Crippen LogP) is 4.03. The van der Waals surface area contributed by atoms with Gasteiger partial charge in [0, 0.05) is 28.7 Å². The highest BCUT2D eigenvalue weighted by Crippen LogP contribution is 2.26. The van der Waals surface area contributed by atoms with Gasteiger partial charge in [0.2, 0.25) is 5.16 Å². The Kier molecular flexibility index (Phi) is 3.88. The first-order valence-corrected chi connectivity index (χ1v) is 8.88. The van der Waals surface area contributed by atoms with Gasteiger partial charge in [-0.15, -0.1) is 5.10 Å². The van der Waals surface area contributed by atoms with E-state index in [9.17, 15) is 4.39 Å². The summed E-state index contributed by atoms with van der Waals surface area (Å²) in [6.45, 7) is 6.01. The summed E-state index contributed by atoms with van der Waals surface area (Å²) in [7, 11) is 0. The van der Waals surface area contributed by atoms with Crippen LogP contribution in [0.4, 0.5) is 4.39 Å². The van der Waals surface area contributed by atoms with Crippen molar-refractivity contribution in [2.45, 2.75) is 31.7 Å². The van der Waals surface area contributed by atoms with Gasteiger partial charge in [0.1, 0.15) is 5.82 Å². The summed E-state index contributed by atoms with van der Waals surface area (Å²) < 4.78 is 15.7. The zero-order valence-corrected chi connectivity index (χ0v) is 14.9. The molecule has 0 amide bonds. The summed E-state index contributed by atoms with van der Waals surface area (Å²) in [6, 6.07) is 6.74. The molecule has 0 atom stereocenters. The highest BCUT2D eigenvalue weighted by molar-refractivity contribution is 7.98. The average molecular weight is 353 g/mol. The molecule has 0 aliphatic rings. The summed E-state index contributed by atoms with van der Waals surface area (Å²) in [4.78, 5) is 13.3. The van der Waals surface area contributed by atoms with Gasteiger partial charge >= 0.3 is 0 Å². The first-order chi connectivity index (χ1) is 12.0. The Morgan fingerprint density at radius 1 is 1.12 bits per heavy atom. The van der Waals surface area contributed by atoms with Crippen molar-refractivity contribution in [2.24, 2.45) is 0 Å². The van der Waals surface area contributed by atoms with Crippen molar-refractivity contribution in [2.75, 3.05) is 0 Å². The van der Waals surface area contributed by atoms with Gasteiger partial charge in [0.25, 0.3) is 5.78 Å². The molecule has 0 radical (unpaired) electrons. The lowest BCUT2D eigenvalue weighted by Crippen LogP contribution is -2.02. The number of halogens is 1. The lowest BCUT2D eigenvalue weighted by molar-refractivity contribution is 0.639. The molecule has 1 aromatic carbocycles. The van der Waals surface area contributed by atoms with Gasteiger partial charge < -0.3 is 0 Å². The molecule has 0 spiro atoms. The number of rotatable bonds is 3. The molecule has 0 saturated heterocycles. The van der Waals surface area contributed by atoms with Crippen LogP contribution >= 0.6 is 11.8 Å². The average Bonchev–Trinajstić information content (AvgIpc) is 3.02. The number of hydrogen-bond acceptors (Lipinski definition) is 5. The van der Waals surface area contributed by atoms with Gasteiger partial charge in [-0.1, -0.05) is 17.8 Å². The van der Waals surface area contributed by atoms with Gasteiger partial charge in [-0.25, -0.2) is 13.9 Å². The van der Waals surface area contributed by atoms with E-state index >= 15 is 0 Å². The molecule has 0 saturated carbocycles. The molecule has 4 aromatic rings. The summed E-state index contributed by atoms with van der Waals surface area (Å²) in [5.74, 6) is 0.959. The molecular formula is C18H16FN5S. The minimum atomic E-state index is -0.256. The van der Waals surface area contributed by atoms with Crippen LogP contribution in [0.5, 0.6) is 0 Å². The van der Waals surface area contributed by atoms with E-state index < -0.39 is 0 Å². The topological polar surface area (TPSA) is 56.0 Å². The highest BCUT2D eigenvalue weighted by atomic mass is 32.2. The third-order valence-corrected chi connectivity index (χ3v) is 5.28. The van der Waals surface area contributed by atoms with Crippen LogP contribution in [0.3, 0.4) is 0 Å². The van der Waals surface area contributed by atoms with E-state index in [0.717, 1.165) is 22.5 Å². The van der Waals surface area contributed by atoms with Crippen molar-refractivity contribution in [3.05, 3.63) is 58.8 Å². The van der Waals surface area contributed by atoms with Crippen molar-refractivity contribution in [3.8, 4) is 0 Å². The van der Waals surface area contributed by atoms with Crippen LogP contribution in [0.1, 0.15) is 22.5 Å². The molecule has 0 fully saturated rings. The number of hydrogen-bond donors (Lipinski definition) is 0. The summed E-state index contributed by atoms with van der Waals surface area (Å²) in [5, 5.41) is 5.72. The monoisotopic (exact) mass is 353 g/mol. The first kappa shape index (κ1) is 16.0. The molecule has 5 nitrogen and oxygen atoms in total. The van der Waals surface area contributed by atoms with Crippen LogP contribution in [-0.2, 0) is 5.75 Å². The quantitative estimate of drug-likeness (QED) is 0.521. The molecule has 3 heterocycles. The minimum absolute atomic E-state index is 0.256. The third-order valence-electron chi connectivity index (χ3n) is 4.40. The lowest BCUT2D eigenvalue weighted by Gasteiger charge is -2.05. The van der Waals surface area contributed by atoms with Crippen molar-refractivity contribution in [3.63, 3.8) is 0 Å². The van der Waals surface area contributed by atoms with E-state index in [4.69, 9.17) is 0 Å². The van der Waals surface area contributed by atoms with Crippen molar-refractivity contribution >= 4 is 28.4 Å². The Morgan fingerprint density at radius 2 is 1.96 bits per heavy atom. The molecule has 0 aliphatic heterocycles. The zero-order chi connectivity index (χ0) is 17.6. The van der Waals surface area contributed by atoms with Crippen molar-refractivity contribution in [1.82, 2.24) is 24.6 Å². The van der Waals surface area contributed by atoms with Crippen LogP contribution < -0.4 is 0 Å². The largest absolute Gasteiger partial charge is 0.256 e. The van der Waals surface area contributed by atoms with E-state index in [0.29, 0.717) is 27.6 Å². The zero-order valence-electron chi connectivity index (χ0n) is 14.1. The summed E-state index contributed by atoms with van der Waals surface area (Å²) in [6.07, 6.45) is 1.68. The molecule has 0 aliphatic carbocycles.